The minimum Gasteiger partial charge on any atom is -0.293 e. The highest BCUT2D eigenvalue weighted by atomic mass is 17.2. The first-order valence-corrected chi connectivity index (χ1v) is 8.56. The number of hydrogen-bond acceptors (Lipinski definition) is 3. The Morgan fingerprint density at radius 1 is 0.909 bits per heavy atom. The van der Waals surface area contributed by atoms with Gasteiger partial charge in [0.15, 0.2) is 0 Å². The number of unbranched alkanes of at least 4 members (excludes halogenated alkanes) is 7. The summed E-state index contributed by atoms with van der Waals surface area (Å²) in [5, 5.41) is 0. The Balaban J connectivity index is 2.09. The van der Waals surface area contributed by atoms with Gasteiger partial charge in [-0.3, -0.25) is 4.89 Å². The third-order valence-corrected chi connectivity index (χ3v) is 3.90. The molecule has 0 spiro atoms. The van der Waals surface area contributed by atoms with Crippen molar-refractivity contribution in [2.45, 2.75) is 72.1 Å². The molecule has 0 bridgehead atoms. The number of benzene rings is 1. The summed E-state index contributed by atoms with van der Waals surface area (Å²) >= 11 is 0. The number of rotatable bonds is 11. The van der Waals surface area contributed by atoms with Gasteiger partial charge in [-0.2, -0.15) is 4.89 Å². The summed E-state index contributed by atoms with van der Waals surface area (Å²) in [4.78, 5) is 21.9. The van der Waals surface area contributed by atoms with Gasteiger partial charge in [0.2, 0.25) is 0 Å². The van der Waals surface area contributed by atoms with E-state index in [2.05, 4.69) is 6.92 Å². The first kappa shape index (κ1) is 18.7. The van der Waals surface area contributed by atoms with Gasteiger partial charge in [-0.15, -0.1) is 0 Å². The van der Waals surface area contributed by atoms with Crippen LogP contribution in [0.15, 0.2) is 18.2 Å². The predicted octanol–water partition coefficient (Wildman–Crippen LogP) is 5.53. The SMILES string of the molecule is CCCCCCCCCCOOC(=O)c1c(C)cccc1C. The van der Waals surface area contributed by atoms with Gasteiger partial charge < -0.3 is 0 Å². The zero-order valence-corrected chi connectivity index (χ0v) is 14.3. The maximum absolute atomic E-state index is 12.0. The van der Waals surface area contributed by atoms with Crippen molar-refractivity contribution in [3.63, 3.8) is 0 Å². The van der Waals surface area contributed by atoms with E-state index in [0.717, 1.165) is 24.0 Å². The third-order valence-electron chi connectivity index (χ3n) is 3.90. The van der Waals surface area contributed by atoms with E-state index in [0.29, 0.717) is 12.2 Å². The Kier molecular flexibility index (Phi) is 9.56. The fraction of sp³-hybridized carbons (Fsp3) is 0.632. The van der Waals surface area contributed by atoms with Crippen LogP contribution in [-0.4, -0.2) is 12.6 Å². The van der Waals surface area contributed by atoms with Crippen LogP contribution in [0.4, 0.5) is 0 Å². The largest absolute Gasteiger partial charge is 0.373 e. The molecule has 0 unspecified atom stereocenters. The highest BCUT2D eigenvalue weighted by molar-refractivity contribution is 5.92. The summed E-state index contributed by atoms with van der Waals surface area (Å²) < 4.78 is 0. The van der Waals surface area contributed by atoms with Crippen molar-refractivity contribution in [3.05, 3.63) is 34.9 Å². The van der Waals surface area contributed by atoms with E-state index in [1.807, 2.05) is 32.0 Å². The Labute approximate surface area is 134 Å². The van der Waals surface area contributed by atoms with Gasteiger partial charge in [0.1, 0.15) is 0 Å². The predicted molar refractivity (Wildman–Crippen MR) is 89.9 cm³/mol. The van der Waals surface area contributed by atoms with E-state index < -0.39 is 5.97 Å². The Hall–Kier alpha value is -1.35. The smallest absolute Gasteiger partial charge is 0.293 e. The normalized spacial score (nSPS) is 10.7. The van der Waals surface area contributed by atoms with Gasteiger partial charge in [-0.25, -0.2) is 4.79 Å². The second-order valence-corrected chi connectivity index (χ2v) is 5.93. The lowest BCUT2D eigenvalue weighted by atomic mass is 10.0. The standard InChI is InChI=1S/C19H30O3/c1-4-5-6-7-8-9-10-11-15-21-22-19(20)18-16(2)13-12-14-17(18)3/h12-14H,4-11,15H2,1-3H3. The van der Waals surface area contributed by atoms with Gasteiger partial charge in [0.25, 0.3) is 0 Å². The molecule has 0 atom stereocenters. The van der Waals surface area contributed by atoms with Crippen molar-refractivity contribution in [1.29, 1.82) is 0 Å². The molecule has 0 aliphatic heterocycles. The molecule has 22 heavy (non-hydrogen) atoms. The second-order valence-electron chi connectivity index (χ2n) is 5.93. The van der Waals surface area contributed by atoms with E-state index in [9.17, 15) is 4.79 Å². The summed E-state index contributed by atoms with van der Waals surface area (Å²) in [6.07, 6.45) is 9.91. The molecule has 0 aliphatic rings. The topological polar surface area (TPSA) is 35.5 Å². The summed E-state index contributed by atoms with van der Waals surface area (Å²) in [5.41, 5.74) is 2.44. The van der Waals surface area contributed by atoms with E-state index in [1.165, 1.54) is 38.5 Å². The molecule has 0 saturated heterocycles. The molecule has 3 heteroatoms. The molecular formula is C19H30O3. The first-order valence-electron chi connectivity index (χ1n) is 8.56. The Morgan fingerprint density at radius 3 is 2.05 bits per heavy atom. The van der Waals surface area contributed by atoms with Crippen LogP contribution in [0.5, 0.6) is 0 Å². The van der Waals surface area contributed by atoms with Gasteiger partial charge in [0.05, 0.1) is 12.2 Å². The van der Waals surface area contributed by atoms with Crippen molar-refractivity contribution < 1.29 is 14.6 Å². The molecule has 3 nitrogen and oxygen atoms in total. The quantitative estimate of drug-likeness (QED) is 0.306. The molecule has 0 amide bonds. The van der Waals surface area contributed by atoms with Crippen LogP contribution in [0.25, 0.3) is 0 Å². The van der Waals surface area contributed by atoms with E-state index in [4.69, 9.17) is 9.78 Å². The molecule has 1 rings (SSSR count). The molecule has 0 aliphatic carbocycles. The number of carbonyl (C=O) groups is 1. The molecule has 0 heterocycles. The lowest BCUT2D eigenvalue weighted by Gasteiger charge is -2.08. The molecule has 0 fully saturated rings. The van der Waals surface area contributed by atoms with Crippen molar-refractivity contribution in [2.75, 3.05) is 6.61 Å². The molecular weight excluding hydrogens is 276 g/mol. The molecule has 0 N–H and O–H groups in total. The molecule has 1 aromatic carbocycles. The first-order chi connectivity index (χ1) is 10.7. The Morgan fingerprint density at radius 2 is 1.45 bits per heavy atom. The van der Waals surface area contributed by atoms with E-state index in [-0.39, 0.29) is 0 Å². The van der Waals surface area contributed by atoms with Crippen molar-refractivity contribution in [3.8, 4) is 0 Å². The van der Waals surface area contributed by atoms with Crippen LogP contribution in [0.2, 0.25) is 0 Å². The zero-order chi connectivity index (χ0) is 16.2. The summed E-state index contributed by atoms with van der Waals surface area (Å²) in [6, 6.07) is 5.74. The lowest BCUT2D eigenvalue weighted by Crippen LogP contribution is -2.10. The molecule has 0 radical (unpaired) electrons. The highest BCUT2D eigenvalue weighted by Gasteiger charge is 2.14. The van der Waals surface area contributed by atoms with Crippen LogP contribution in [0.3, 0.4) is 0 Å². The molecule has 0 saturated carbocycles. The second kappa shape index (κ2) is 11.2. The zero-order valence-electron chi connectivity index (χ0n) is 14.3. The fourth-order valence-electron chi connectivity index (χ4n) is 2.57. The van der Waals surface area contributed by atoms with Gasteiger partial charge in [0, 0.05) is 0 Å². The van der Waals surface area contributed by atoms with Crippen LogP contribution >= 0.6 is 0 Å². The van der Waals surface area contributed by atoms with Gasteiger partial charge in [-0.05, 0) is 31.4 Å². The molecule has 0 aromatic heterocycles. The van der Waals surface area contributed by atoms with E-state index in [1.54, 1.807) is 0 Å². The monoisotopic (exact) mass is 306 g/mol. The summed E-state index contributed by atoms with van der Waals surface area (Å²) in [7, 11) is 0. The van der Waals surface area contributed by atoms with E-state index >= 15 is 0 Å². The number of carbonyl (C=O) groups excluding carboxylic acids is 1. The van der Waals surface area contributed by atoms with Crippen molar-refractivity contribution in [2.24, 2.45) is 0 Å². The molecule has 124 valence electrons. The maximum atomic E-state index is 12.0. The summed E-state index contributed by atoms with van der Waals surface area (Å²) in [5.74, 6) is -0.393. The van der Waals surface area contributed by atoms with Gasteiger partial charge >= 0.3 is 5.97 Å². The van der Waals surface area contributed by atoms with Gasteiger partial charge in [-0.1, -0.05) is 70.1 Å². The number of hydrogen-bond donors (Lipinski definition) is 0. The average molecular weight is 306 g/mol. The fourth-order valence-corrected chi connectivity index (χ4v) is 2.57. The van der Waals surface area contributed by atoms with Crippen molar-refractivity contribution >= 4 is 5.97 Å². The minimum absolute atomic E-state index is 0.393. The number of aryl methyl sites for hydroxylation is 2. The third kappa shape index (κ3) is 7.08. The summed E-state index contributed by atoms with van der Waals surface area (Å²) in [6.45, 7) is 6.52. The van der Waals surface area contributed by atoms with Crippen molar-refractivity contribution in [1.82, 2.24) is 0 Å². The van der Waals surface area contributed by atoms with Crippen LogP contribution in [0, 0.1) is 13.8 Å². The molecule has 1 aromatic rings. The highest BCUT2D eigenvalue weighted by Crippen LogP contribution is 2.15. The Bertz CT molecular complexity index is 420. The van der Waals surface area contributed by atoms with Crippen LogP contribution in [0.1, 0.15) is 79.8 Å². The average Bonchev–Trinajstić information content (AvgIpc) is 2.49. The minimum atomic E-state index is -0.393. The van der Waals surface area contributed by atoms with Crippen LogP contribution in [-0.2, 0) is 9.78 Å². The van der Waals surface area contributed by atoms with Crippen LogP contribution < -0.4 is 0 Å². The lowest BCUT2D eigenvalue weighted by molar-refractivity contribution is -0.241. The maximum Gasteiger partial charge on any atom is 0.373 e.